The van der Waals surface area contributed by atoms with E-state index in [1.807, 2.05) is 0 Å². The fraction of sp³-hybridized carbons (Fsp3) is 0.467. The van der Waals surface area contributed by atoms with E-state index in [1.165, 1.54) is 12.1 Å². The summed E-state index contributed by atoms with van der Waals surface area (Å²) in [5, 5.41) is 8.62. The first kappa shape index (κ1) is 18.4. The Hall–Kier alpha value is -1.66. The monoisotopic (exact) mass is 329 g/mol. The lowest BCUT2D eigenvalue weighted by molar-refractivity contribution is -0.126. The van der Waals surface area contributed by atoms with Crippen molar-refractivity contribution in [3.8, 4) is 0 Å². The first-order valence-corrected chi connectivity index (χ1v) is 7.15. The summed E-state index contributed by atoms with van der Waals surface area (Å²) in [6.45, 7) is 1.70. The molecule has 122 valence electrons. The molecule has 2 rings (SSSR count). The second-order valence-corrected chi connectivity index (χ2v) is 5.19. The Labute approximate surface area is 135 Å². The van der Waals surface area contributed by atoms with Crippen molar-refractivity contribution in [1.82, 2.24) is 16.0 Å². The van der Waals surface area contributed by atoms with E-state index in [0.717, 1.165) is 25.9 Å². The molecule has 0 bridgehead atoms. The molecule has 5 nitrogen and oxygen atoms in total. The third kappa shape index (κ3) is 6.41. The predicted octanol–water partition coefficient (Wildman–Crippen LogP) is 0.774. The molecule has 22 heavy (non-hydrogen) atoms. The number of halogens is 2. The highest BCUT2D eigenvalue weighted by Gasteiger charge is 2.15. The molecule has 1 unspecified atom stereocenters. The summed E-state index contributed by atoms with van der Waals surface area (Å²) >= 11 is 0. The van der Waals surface area contributed by atoms with Gasteiger partial charge in [-0.1, -0.05) is 12.1 Å². The SMILES string of the molecule is Cl.O=C(Cc1cccc(F)c1)NCC(=O)NC1CCCNC1. The van der Waals surface area contributed by atoms with Crippen molar-refractivity contribution < 1.29 is 14.0 Å². The van der Waals surface area contributed by atoms with E-state index in [2.05, 4.69) is 16.0 Å². The number of benzene rings is 1. The molecule has 1 atom stereocenters. The minimum Gasteiger partial charge on any atom is -0.351 e. The Balaban J connectivity index is 0.00000242. The summed E-state index contributed by atoms with van der Waals surface area (Å²) in [5.41, 5.74) is 0.587. The maximum atomic E-state index is 13.0. The summed E-state index contributed by atoms with van der Waals surface area (Å²) in [6.07, 6.45) is 2.06. The molecule has 7 heteroatoms. The molecule has 1 fully saturated rings. The highest BCUT2D eigenvalue weighted by Crippen LogP contribution is 2.04. The van der Waals surface area contributed by atoms with Gasteiger partial charge in [0.15, 0.2) is 0 Å². The van der Waals surface area contributed by atoms with Crippen LogP contribution in [0.1, 0.15) is 18.4 Å². The Morgan fingerprint density at radius 1 is 1.32 bits per heavy atom. The number of hydrogen-bond acceptors (Lipinski definition) is 3. The van der Waals surface area contributed by atoms with Crippen LogP contribution >= 0.6 is 12.4 Å². The number of piperidine rings is 1. The van der Waals surface area contributed by atoms with Crippen molar-refractivity contribution in [2.75, 3.05) is 19.6 Å². The third-order valence-electron chi connectivity index (χ3n) is 3.36. The van der Waals surface area contributed by atoms with Gasteiger partial charge in [0.1, 0.15) is 5.82 Å². The second kappa shape index (κ2) is 9.38. The lowest BCUT2D eigenvalue weighted by Crippen LogP contribution is -2.48. The molecule has 1 aliphatic rings. The van der Waals surface area contributed by atoms with Crippen LogP contribution in [0.3, 0.4) is 0 Å². The van der Waals surface area contributed by atoms with Crippen LogP contribution in [0.2, 0.25) is 0 Å². The van der Waals surface area contributed by atoms with Crippen molar-refractivity contribution in [3.63, 3.8) is 0 Å². The zero-order valence-electron chi connectivity index (χ0n) is 12.2. The summed E-state index contributed by atoms with van der Waals surface area (Å²) in [6, 6.07) is 6.00. The average molecular weight is 330 g/mol. The van der Waals surface area contributed by atoms with Crippen molar-refractivity contribution >= 4 is 24.2 Å². The maximum absolute atomic E-state index is 13.0. The first-order valence-electron chi connectivity index (χ1n) is 7.15. The van der Waals surface area contributed by atoms with Gasteiger partial charge in [0.25, 0.3) is 0 Å². The maximum Gasteiger partial charge on any atom is 0.239 e. The van der Waals surface area contributed by atoms with Gasteiger partial charge in [-0.15, -0.1) is 12.4 Å². The van der Waals surface area contributed by atoms with Crippen molar-refractivity contribution in [2.45, 2.75) is 25.3 Å². The summed E-state index contributed by atoms with van der Waals surface area (Å²) in [4.78, 5) is 23.4. The van der Waals surface area contributed by atoms with E-state index >= 15 is 0 Å². The molecule has 0 radical (unpaired) electrons. The van der Waals surface area contributed by atoms with Crippen LogP contribution < -0.4 is 16.0 Å². The van der Waals surface area contributed by atoms with Gasteiger partial charge < -0.3 is 16.0 Å². The zero-order chi connectivity index (χ0) is 15.1. The third-order valence-corrected chi connectivity index (χ3v) is 3.36. The molecule has 0 aliphatic carbocycles. The standard InChI is InChI=1S/C15H20FN3O2.ClH/c16-12-4-1-3-11(7-12)8-14(20)18-10-15(21)19-13-5-2-6-17-9-13;/h1,3-4,7,13,17H,2,5-6,8-10H2,(H,18,20)(H,19,21);1H. The molecule has 0 aromatic heterocycles. The van der Waals surface area contributed by atoms with Crippen molar-refractivity contribution in [2.24, 2.45) is 0 Å². The molecule has 1 heterocycles. The number of carbonyl (C=O) groups excluding carboxylic acids is 2. The van der Waals surface area contributed by atoms with Crippen LogP contribution in [0.15, 0.2) is 24.3 Å². The second-order valence-electron chi connectivity index (χ2n) is 5.19. The van der Waals surface area contributed by atoms with Gasteiger partial charge in [-0.2, -0.15) is 0 Å². The Morgan fingerprint density at radius 3 is 2.82 bits per heavy atom. The molecule has 1 saturated heterocycles. The van der Waals surface area contributed by atoms with Crippen LogP contribution in [0, 0.1) is 5.82 Å². The van der Waals surface area contributed by atoms with Crippen LogP contribution in [0.4, 0.5) is 4.39 Å². The number of carbonyl (C=O) groups is 2. The van der Waals surface area contributed by atoms with Gasteiger partial charge in [-0.3, -0.25) is 9.59 Å². The molecule has 0 spiro atoms. The molecular weight excluding hydrogens is 309 g/mol. The van der Waals surface area contributed by atoms with E-state index in [-0.39, 0.29) is 49.0 Å². The predicted molar refractivity (Wildman–Crippen MR) is 84.4 cm³/mol. The largest absolute Gasteiger partial charge is 0.351 e. The Morgan fingerprint density at radius 2 is 2.14 bits per heavy atom. The Kier molecular flexibility index (Phi) is 7.84. The van der Waals surface area contributed by atoms with Gasteiger partial charge in [-0.25, -0.2) is 4.39 Å². The van der Waals surface area contributed by atoms with Crippen molar-refractivity contribution in [3.05, 3.63) is 35.6 Å². The smallest absolute Gasteiger partial charge is 0.239 e. The first-order chi connectivity index (χ1) is 10.1. The van der Waals surface area contributed by atoms with E-state index in [4.69, 9.17) is 0 Å². The van der Waals surface area contributed by atoms with Gasteiger partial charge in [0.05, 0.1) is 13.0 Å². The van der Waals surface area contributed by atoms with Gasteiger partial charge in [-0.05, 0) is 37.1 Å². The number of hydrogen-bond donors (Lipinski definition) is 3. The topological polar surface area (TPSA) is 70.2 Å². The molecule has 1 aliphatic heterocycles. The van der Waals surface area contributed by atoms with Gasteiger partial charge in [0.2, 0.25) is 11.8 Å². The van der Waals surface area contributed by atoms with E-state index < -0.39 is 0 Å². The fourth-order valence-corrected chi connectivity index (χ4v) is 2.33. The van der Waals surface area contributed by atoms with E-state index in [1.54, 1.807) is 12.1 Å². The Bertz CT molecular complexity index is 507. The average Bonchev–Trinajstić information content (AvgIpc) is 2.46. The van der Waals surface area contributed by atoms with Gasteiger partial charge >= 0.3 is 0 Å². The lowest BCUT2D eigenvalue weighted by atomic mass is 10.1. The van der Waals surface area contributed by atoms with E-state index in [9.17, 15) is 14.0 Å². The molecule has 2 amide bonds. The molecule has 0 saturated carbocycles. The van der Waals surface area contributed by atoms with Crippen LogP contribution in [-0.4, -0.2) is 37.5 Å². The molecular formula is C15H21ClFN3O2. The molecule has 1 aromatic rings. The summed E-state index contributed by atoms with van der Waals surface area (Å²) < 4.78 is 13.0. The zero-order valence-corrected chi connectivity index (χ0v) is 13.0. The highest BCUT2D eigenvalue weighted by molar-refractivity contribution is 5.86. The summed E-state index contributed by atoms with van der Waals surface area (Å²) in [5.74, 6) is -0.864. The number of amides is 2. The fourth-order valence-electron chi connectivity index (χ4n) is 2.33. The minimum absolute atomic E-state index is 0. The number of nitrogens with one attached hydrogen (secondary N) is 3. The van der Waals surface area contributed by atoms with Crippen LogP contribution in [0.25, 0.3) is 0 Å². The summed E-state index contributed by atoms with van der Waals surface area (Å²) in [7, 11) is 0. The minimum atomic E-state index is -0.372. The van der Waals surface area contributed by atoms with Crippen LogP contribution in [0.5, 0.6) is 0 Å². The molecule has 1 aromatic carbocycles. The highest BCUT2D eigenvalue weighted by atomic mass is 35.5. The normalized spacial score (nSPS) is 17.2. The molecule has 3 N–H and O–H groups in total. The van der Waals surface area contributed by atoms with Crippen LogP contribution in [-0.2, 0) is 16.0 Å². The quantitative estimate of drug-likeness (QED) is 0.747. The number of rotatable bonds is 5. The van der Waals surface area contributed by atoms with Gasteiger partial charge in [0, 0.05) is 12.6 Å². The van der Waals surface area contributed by atoms with E-state index in [0.29, 0.717) is 5.56 Å². The lowest BCUT2D eigenvalue weighted by Gasteiger charge is -2.23. The van der Waals surface area contributed by atoms with Crippen molar-refractivity contribution in [1.29, 1.82) is 0 Å².